The van der Waals surface area contributed by atoms with Gasteiger partial charge in [0.05, 0.1) is 4.90 Å². The summed E-state index contributed by atoms with van der Waals surface area (Å²) in [5, 5.41) is 0. The van der Waals surface area contributed by atoms with E-state index in [0.717, 1.165) is 36.9 Å². The highest BCUT2D eigenvalue weighted by molar-refractivity contribution is 9.10. The minimum absolute atomic E-state index is 0.0200. The third-order valence-corrected chi connectivity index (χ3v) is 7.46. The van der Waals surface area contributed by atoms with Crippen molar-refractivity contribution in [2.75, 3.05) is 18.0 Å². The van der Waals surface area contributed by atoms with E-state index in [4.69, 9.17) is 0 Å². The molecule has 0 atom stereocenters. The number of halogens is 1. The summed E-state index contributed by atoms with van der Waals surface area (Å²) in [6, 6.07) is 3.46. The maximum absolute atomic E-state index is 12.8. The normalized spacial score (nSPS) is 17.2. The highest BCUT2D eigenvalue weighted by Gasteiger charge is 2.28. The number of benzene rings is 1. The van der Waals surface area contributed by atoms with Crippen molar-refractivity contribution < 1.29 is 13.2 Å². The van der Waals surface area contributed by atoms with Gasteiger partial charge in [-0.3, -0.25) is 4.79 Å². The molecule has 2 aliphatic rings. The van der Waals surface area contributed by atoms with E-state index in [-0.39, 0.29) is 10.8 Å². The van der Waals surface area contributed by atoms with Gasteiger partial charge in [0.15, 0.2) is 0 Å². The third kappa shape index (κ3) is 4.21. The first-order chi connectivity index (χ1) is 12.4. The van der Waals surface area contributed by atoms with E-state index in [0.29, 0.717) is 24.0 Å². The Labute approximate surface area is 164 Å². The zero-order chi connectivity index (χ0) is 18.7. The average molecular weight is 441 g/mol. The lowest BCUT2D eigenvalue weighted by atomic mass is 9.97. The number of carbonyl (C=O) groups is 1. The number of hydrogen-bond donors (Lipinski definition) is 1. The third-order valence-electron chi connectivity index (χ3n) is 5.04. The van der Waals surface area contributed by atoms with Crippen molar-refractivity contribution in [2.24, 2.45) is 0 Å². The monoisotopic (exact) mass is 440 g/mol. The van der Waals surface area contributed by atoms with Crippen molar-refractivity contribution in [2.45, 2.75) is 56.8 Å². The van der Waals surface area contributed by atoms with E-state index in [9.17, 15) is 13.2 Å². The summed E-state index contributed by atoms with van der Waals surface area (Å²) in [5.41, 5.74) is 3.06. The molecule has 26 heavy (non-hydrogen) atoms. The molecule has 0 fully saturated rings. The molecule has 0 aromatic heterocycles. The number of allylic oxidation sites excluding steroid dienone is 1. The number of carbonyl (C=O) groups excluding carboxylic acids is 1. The number of sulfonamides is 1. The second-order valence-corrected chi connectivity index (χ2v) is 9.41. The molecule has 1 N–H and O–H groups in total. The molecule has 0 unspecified atom stereocenters. The number of anilines is 1. The number of rotatable bonds is 6. The maximum atomic E-state index is 12.8. The van der Waals surface area contributed by atoms with Crippen molar-refractivity contribution in [1.82, 2.24) is 4.72 Å². The largest absolute Gasteiger partial charge is 0.312 e. The average Bonchev–Trinajstić information content (AvgIpc) is 3.03. The van der Waals surface area contributed by atoms with Gasteiger partial charge in [-0.05, 0) is 72.2 Å². The van der Waals surface area contributed by atoms with Gasteiger partial charge in [0.1, 0.15) is 0 Å². The van der Waals surface area contributed by atoms with Crippen LogP contribution in [0.4, 0.5) is 5.69 Å². The molecule has 1 amide bonds. The Hall–Kier alpha value is -1.18. The second-order valence-electron chi connectivity index (χ2n) is 6.82. The van der Waals surface area contributed by atoms with Crippen molar-refractivity contribution in [1.29, 1.82) is 0 Å². The van der Waals surface area contributed by atoms with E-state index in [1.165, 1.54) is 18.4 Å². The Morgan fingerprint density at radius 3 is 2.77 bits per heavy atom. The van der Waals surface area contributed by atoms with Crippen molar-refractivity contribution in [3.63, 3.8) is 0 Å². The van der Waals surface area contributed by atoms with Crippen LogP contribution in [0.5, 0.6) is 0 Å². The lowest BCUT2D eigenvalue weighted by Crippen LogP contribution is -2.29. The van der Waals surface area contributed by atoms with Crippen LogP contribution in [0.1, 0.15) is 51.0 Å². The Bertz CT molecular complexity index is 833. The van der Waals surface area contributed by atoms with Crippen LogP contribution in [0.25, 0.3) is 0 Å². The molecule has 1 aromatic carbocycles. The summed E-state index contributed by atoms with van der Waals surface area (Å²) in [7, 11) is -3.63. The molecule has 1 aliphatic carbocycles. The van der Waals surface area contributed by atoms with Gasteiger partial charge >= 0.3 is 0 Å². The van der Waals surface area contributed by atoms with Gasteiger partial charge in [-0.25, -0.2) is 13.1 Å². The van der Waals surface area contributed by atoms with Gasteiger partial charge < -0.3 is 4.90 Å². The molecule has 0 saturated carbocycles. The highest BCUT2D eigenvalue weighted by Crippen LogP contribution is 2.35. The Morgan fingerprint density at radius 1 is 1.27 bits per heavy atom. The van der Waals surface area contributed by atoms with Gasteiger partial charge in [0.2, 0.25) is 15.9 Å². The fourth-order valence-electron chi connectivity index (χ4n) is 3.60. The standard InChI is InChI=1S/C19H25BrN2O3S/c1-2-19(23)22-11-9-15-12-16(20)18(13-17(15)22)26(24,25)21-10-8-14-6-4-3-5-7-14/h6,12-13,21H,2-5,7-11H2,1H3. The summed E-state index contributed by atoms with van der Waals surface area (Å²) in [4.78, 5) is 14.0. The van der Waals surface area contributed by atoms with Crippen LogP contribution >= 0.6 is 15.9 Å². The topological polar surface area (TPSA) is 66.5 Å². The van der Waals surface area contributed by atoms with Gasteiger partial charge in [-0.15, -0.1) is 0 Å². The molecule has 7 heteroatoms. The Kier molecular flexibility index (Phi) is 6.20. The van der Waals surface area contributed by atoms with Gasteiger partial charge in [0.25, 0.3) is 0 Å². The zero-order valence-electron chi connectivity index (χ0n) is 15.1. The minimum Gasteiger partial charge on any atom is -0.312 e. The SMILES string of the molecule is CCC(=O)N1CCc2cc(Br)c(S(=O)(=O)NCCC3=CCCCC3)cc21. The summed E-state index contributed by atoms with van der Waals surface area (Å²) in [5.74, 6) is 0.0200. The number of nitrogens with one attached hydrogen (secondary N) is 1. The van der Waals surface area contributed by atoms with Gasteiger partial charge in [-0.1, -0.05) is 18.6 Å². The minimum atomic E-state index is -3.63. The second kappa shape index (κ2) is 8.23. The van der Waals surface area contributed by atoms with E-state index in [1.54, 1.807) is 11.0 Å². The van der Waals surface area contributed by atoms with Crippen LogP contribution in [-0.4, -0.2) is 27.4 Å². The molecule has 1 aromatic rings. The van der Waals surface area contributed by atoms with Crippen LogP contribution in [-0.2, 0) is 21.2 Å². The van der Waals surface area contributed by atoms with E-state index in [1.807, 2.05) is 13.0 Å². The predicted octanol–water partition coefficient (Wildman–Crippen LogP) is 3.92. The summed E-state index contributed by atoms with van der Waals surface area (Å²) in [6.45, 7) is 2.83. The molecule has 1 aliphatic heterocycles. The summed E-state index contributed by atoms with van der Waals surface area (Å²) >= 11 is 3.39. The lowest BCUT2D eigenvalue weighted by Gasteiger charge is -2.18. The quantitative estimate of drug-likeness (QED) is 0.681. The van der Waals surface area contributed by atoms with E-state index < -0.39 is 10.0 Å². The lowest BCUT2D eigenvalue weighted by molar-refractivity contribution is -0.118. The molecule has 0 spiro atoms. The molecule has 5 nitrogen and oxygen atoms in total. The van der Waals surface area contributed by atoms with Crippen molar-refractivity contribution in [3.8, 4) is 0 Å². The number of hydrogen-bond acceptors (Lipinski definition) is 3. The first-order valence-corrected chi connectivity index (χ1v) is 11.5. The van der Waals surface area contributed by atoms with Crippen LogP contribution in [0, 0.1) is 0 Å². The van der Waals surface area contributed by atoms with E-state index in [2.05, 4.69) is 26.7 Å². The predicted molar refractivity (Wildman–Crippen MR) is 107 cm³/mol. The summed E-state index contributed by atoms with van der Waals surface area (Å²) in [6.07, 6.45) is 8.73. The van der Waals surface area contributed by atoms with Crippen LogP contribution in [0.3, 0.4) is 0 Å². The fourth-order valence-corrected chi connectivity index (χ4v) is 5.74. The molecular weight excluding hydrogens is 416 g/mol. The Morgan fingerprint density at radius 2 is 2.08 bits per heavy atom. The fraction of sp³-hybridized carbons (Fsp3) is 0.526. The molecule has 0 saturated heterocycles. The summed E-state index contributed by atoms with van der Waals surface area (Å²) < 4.78 is 28.8. The first-order valence-electron chi connectivity index (χ1n) is 9.22. The molecule has 0 radical (unpaired) electrons. The van der Waals surface area contributed by atoms with Crippen LogP contribution in [0.15, 0.2) is 33.2 Å². The maximum Gasteiger partial charge on any atom is 0.241 e. The number of amides is 1. The van der Waals surface area contributed by atoms with Crippen LogP contribution in [0.2, 0.25) is 0 Å². The number of nitrogens with zero attached hydrogens (tertiary/aromatic N) is 1. The molecular formula is C19H25BrN2O3S. The van der Waals surface area contributed by atoms with Gasteiger partial charge in [0, 0.05) is 29.7 Å². The smallest absolute Gasteiger partial charge is 0.241 e. The first kappa shape index (κ1) is 19.6. The van der Waals surface area contributed by atoms with Crippen molar-refractivity contribution in [3.05, 3.63) is 33.8 Å². The molecule has 0 bridgehead atoms. The van der Waals surface area contributed by atoms with Gasteiger partial charge in [-0.2, -0.15) is 0 Å². The highest BCUT2D eigenvalue weighted by atomic mass is 79.9. The van der Waals surface area contributed by atoms with Crippen LogP contribution < -0.4 is 9.62 Å². The number of fused-ring (bicyclic) bond motifs is 1. The molecule has 142 valence electrons. The van der Waals surface area contributed by atoms with Crippen molar-refractivity contribution >= 4 is 37.5 Å². The zero-order valence-corrected chi connectivity index (χ0v) is 17.5. The molecule has 1 heterocycles. The van der Waals surface area contributed by atoms with E-state index >= 15 is 0 Å². The molecule has 3 rings (SSSR count). The Balaban J connectivity index is 1.77.